The summed E-state index contributed by atoms with van der Waals surface area (Å²) in [4.78, 5) is 14.9. The quantitative estimate of drug-likeness (QED) is 0.494. The molecular formula is C22H20ClN7O2. The van der Waals surface area contributed by atoms with Crippen LogP contribution in [-0.2, 0) is 4.79 Å². The van der Waals surface area contributed by atoms with Crippen molar-refractivity contribution in [3.63, 3.8) is 0 Å². The van der Waals surface area contributed by atoms with Gasteiger partial charge in [0.1, 0.15) is 11.5 Å². The summed E-state index contributed by atoms with van der Waals surface area (Å²) in [6.45, 7) is 1.48. The highest BCUT2D eigenvalue weighted by atomic mass is 35.5. The van der Waals surface area contributed by atoms with Gasteiger partial charge in [0.05, 0.1) is 5.02 Å². The number of carbonyl (C=O) groups excluding carboxylic acids is 1. The van der Waals surface area contributed by atoms with Crippen LogP contribution in [0.15, 0.2) is 60.7 Å². The van der Waals surface area contributed by atoms with Crippen molar-refractivity contribution in [2.24, 2.45) is 5.92 Å². The number of nitrogens with one attached hydrogen (secondary N) is 1. The number of para-hydroxylation sites is 1. The molecule has 0 atom stereocenters. The van der Waals surface area contributed by atoms with Crippen molar-refractivity contribution >= 4 is 34.7 Å². The highest BCUT2D eigenvalue weighted by Gasteiger charge is 2.26. The number of anilines is 2. The van der Waals surface area contributed by atoms with E-state index in [-0.39, 0.29) is 11.8 Å². The molecule has 1 aliphatic heterocycles. The normalized spacial score (nSPS) is 14.5. The van der Waals surface area contributed by atoms with E-state index < -0.39 is 0 Å². The van der Waals surface area contributed by atoms with Gasteiger partial charge in [-0.15, -0.1) is 14.8 Å². The number of hydrogen-bond donors (Lipinski definition) is 1. The van der Waals surface area contributed by atoms with Gasteiger partial charge < -0.3 is 15.0 Å². The number of piperidine rings is 1. The van der Waals surface area contributed by atoms with Gasteiger partial charge in [0, 0.05) is 24.7 Å². The summed E-state index contributed by atoms with van der Waals surface area (Å²) >= 11 is 6.13. The van der Waals surface area contributed by atoms with E-state index in [1.165, 1.54) is 4.63 Å². The lowest BCUT2D eigenvalue weighted by Crippen LogP contribution is -2.38. The zero-order valence-corrected chi connectivity index (χ0v) is 17.8. The molecule has 10 heteroatoms. The number of fused-ring (bicyclic) bond motifs is 1. The number of aromatic nitrogens is 5. The molecule has 5 rings (SSSR count). The fraction of sp³-hybridized carbons (Fsp3) is 0.227. The molecule has 1 amide bonds. The van der Waals surface area contributed by atoms with Gasteiger partial charge in [-0.25, -0.2) is 0 Å². The number of nitrogens with zero attached hydrogens (tertiary/aromatic N) is 6. The van der Waals surface area contributed by atoms with Crippen molar-refractivity contribution in [3.05, 3.63) is 65.7 Å². The number of carbonyl (C=O) groups is 1. The highest BCUT2D eigenvalue weighted by molar-refractivity contribution is 6.32. The van der Waals surface area contributed by atoms with E-state index in [1.807, 2.05) is 48.5 Å². The molecule has 1 saturated heterocycles. The molecule has 0 bridgehead atoms. The van der Waals surface area contributed by atoms with E-state index in [2.05, 4.69) is 30.8 Å². The van der Waals surface area contributed by atoms with E-state index in [4.69, 9.17) is 16.3 Å². The Hall–Kier alpha value is -3.72. The lowest BCUT2D eigenvalue weighted by Gasteiger charge is -2.31. The Kier molecular flexibility index (Phi) is 5.55. The Morgan fingerprint density at radius 2 is 1.81 bits per heavy atom. The smallest absolute Gasteiger partial charge is 0.227 e. The molecule has 2 aromatic carbocycles. The second kappa shape index (κ2) is 8.80. The van der Waals surface area contributed by atoms with Gasteiger partial charge in [-0.05, 0) is 71.8 Å². The Morgan fingerprint density at radius 1 is 1.03 bits per heavy atom. The molecule has 4 aromatic rings. The molecule has 0 radical (unpaired) electrons. The highest BCUT2D eigenvalue weighted by Crippen LogP contribution is 2.30. The van der Waals surface area contributed by atoms with Crippen molar-refractivity contribution in [1.82, 2.24) is 25.3 Å². The predicted molar refractivity (Wildman–Crippen MR) is 120 cm³/mol. The number of rotatable bonds is 5. The second-order valence-electron chi connectivity index (χ2n) is 7.53. The third kappa shape index (κ3) is 4.33. The topological polar surface area (TPSA) is 97.5 Å². The first-order valence-electron chi connectivity index (χ1n) is 10.3. The Bertz CT molecular complexity index is 1240. The molecule has 162 valence electrons. The van der Waals surface area contributed by atoms with Gasteiger partial charge in [-0.3, -0.25) is 4.79 Å². The number of ether oxygens (including phenoxy) is 1. The molecule has 0 saturated carbocycles. The number of halogens is 1. The minimum atomic E-state index is -0.0536. The minimum Gasteiger partial charge on any atom is -0.456 e. The second-order valence-corrected chi connectivity index (χ2v) is 7.93. The maximum atomic E-state index is 12.7. The van der Waals surface area contributed by atoms with Crippen LogP contribution in [0.1, 0.15) is 12.8 Å². The molecule has 9 nitrogen and oxygen atoms in total. The van der Waals surface area contributed by atoms with Crippen LogP contribution in [-0.4, -0.2) is 44.3 Å². The lowest BCUT2D eigenvalue weighted by atomic mass is 9.96. The Balaban J connectivity index is 1.15. The van der Waals surface area contributed by atoms with Gasteiger partial charge in [0.2, 0.25) is 5.91 Å². The fourth-order valence-electron chi connectivity index (χ4n) is 3.68. The zero-order valence-electron chi connectivity index (χ0n) is 17.1. The largest absolute Gasteiger partial charge is 0.456 e. The Morgan fingerprint density at radius 3 is 2.59 bits per heavy atom. The van der Waals surface area contributed by atoms with Crippen molar-refractivity contribution in [2.45, 2.75) is 12.8 Å². The molecule has 0 spiro atoms. The Labute approximate surface area is 188 Å². The van der Waals surface area contributed by atoms with E-state index in [1.54, 1.807) is 12.1 Å². The molecule has 2 aromatic heterocycles. The van der Waals surface area contributed by atoms with Gasteiger partial charge in [-0.2, -0.15) is 0 Å². The average Bonchev–Trinajstić information content (AvgIpc) is 3.30. The minimum absolute atomic E-state index is 0.0216. The predicted octanol–water partition coefficient (Wildman–Crippen LogP) is 3.82. The molecule has 1 N–H and O–H groups in total. The van der Waals surface area contributed by atoms with Gasteiger partial charge in [0.25, 0.3) is 0 Å². The van der Waals surface area contributed by atoms with Crippen molar-refractivity contribution in [1.29, 1.82) is 0 Å². The first-order valence-corrected chi connectivity index (χ1v) is 10.7. The lowest BCUT2D eigenvalue weighted by molar-refractivity contribution is -0.120. The van der Waals surface area contributed by atoms with Gasteiger partial charge in [-0.1, -0.05) is 23.7 Å². The molecular weight excluding hydrogens is 430 g/mol. The van der Waals surface area contributed by atoms with Crippen molar-refractivity contribution in [3.8, 4) is 11.5 Å². The first-order chi connectivity index (χ1) is 15.7. The average molecular weight is 450 g/mol. The van der Waals surface area contributed by atoms with Gasteiger partial charge in [0.15, 0.2) is 11.5 Å². The molecule has 1 fully saturated rings. The van der Waals surface area contributed by atoms with E-state index in [0.717, 1.165) is 37.4 Å². The number of tetrazole rings is 1. The number of amides is 1. The summed E-state index contributed by atoms with van der Waals surface area (Å²) in [5.41, 5.74) is 1.33. The summed E-state index contributed by atoms with van der Waals surface area (Å²) in [6, 6.07) is 18.3. The summed E-state index contributed by atoms with van der Waals surface area (Å²) in [6.07, 6.45) is 1.49. The van der Waals surface area contributed by atoms with Crippen LogP contribution >= 0.6 is 11.6 Å². The monoisotopic (exact) mass is 449 g/mol. The van der Waals surface area contributed by atoms with Crippen LogP contribution in [0.25, 0.3) is 5.65 Å². The standard InChI is InChI=1S/C22H20ClN7O2/c23-18-3-1-2-4-19(18)32-17-7-5-16(6-8-17)24-22(31)15-11-13-29(14-12-15)21-10-9-20-25-27-28-30(20)26-21/h1-10,15H,11-14H2,(H,24,31). The fourth-order valence-corrected chi connectivity index (χ4v) is 3.86. The van der Waals surface area contributed by atoms with Crippen LogP contribution in [0, 0.1) is 5.92 Å². The van der Waals surface area contributed by atoms with Crippen LogP contribution in [0.4, 0.5) is 11.5 Å². The SMILES string of the molecule is O=C(Nc1ccc(Oc2ccccc2Cl)cc1)C1CCN(c2ccc3nnnn3n2)CC1. The summed E-state index contributed by atoms with van der Waals surface area (Å²) in [5, 5.41) is 19.3. The summed E-state index contributed by atoms with van der Waals surface area (Å²) in [7, 11) is 0. The third-order valence-electron chi connectivity index (χ3n) is 5.43. The third-order valence-corrected chi connectivity index (χ3v) is 5.74. The van der Waals surface area contributed by atoms with Crippen LogP contribution in [0.5, 0.6) is 11.5 Å². The first kappa shape index (κ1) is 20.2. The van der Waals surface area contributed by atoms with E-state index >= 15 is 0 Å². The number of benzene rings is 2. The maximum Gasteiger partial charge on any atom is 0.227 e. The van der Waals surface area contributed by atoms with E-state index in [9.17, 15) is 4.79 Å². The zero-order chi connectivity index (χ0) is 21.9. The van der Waals surface area contributed by atoms with E-state index in [0.29, 0.717) is 22.2 Å². The summed E-state index contributed by atoms with van der Waals surface area (Å²) < 4.78 is 7.20. The van der Waals surface area contributed by atoms with Crippen molar-refractivity contribution in [2.75, 3.05) is 23.3 Å². The molecule has 3 heterocycles. The molecule has 1 aliphatic rings. The number of hydrogen-bond acceptors (Lipinski definition) is 7. The van der Waals surface area contributed by atoms with Crippen LogP contribution < -0.4 is 15.0 Å². The molecule has 0 aliphatic carbocycles. The van der Waals surface area contributed by atoms with Gasteiger partial charge >= 0.3 is 0 Å². The molecule has 0 unspecified atom stereocenters. The van der Waals surface area contributed by atoms with Crippen LogP contribution in [0.2, 0.25) is 5.02 Å². The molecule has 32 heavy (non-hydrogen) atoms. The van der Waals surface area contributed by atoms with Crippen LogP contribution in [0.3, 0.4) is 0 Å². The maximum absolute atomic E-state index is 12.7. The van der Waals surface area contributed by atoms with Crippen molar-refractivity contribution < 1.29 is 9.53 Å². The summed E-state index contributed by atoms with van der Waals surface area (Å²) in [5.74, 6) is 2.01.